The fourth-order valence-corrected chi connectivity index (χ4v) is 2.72. The van der Waals surface area contributed by atoms with Crippen LogP contribution in [0.4, 0.5) is 5.82 Å². The molecule has 2 heterocycles. The van der Waals surface area contributed by atoms with Crippen molar-refractivity contribution in [3.63, 3.8) is 0 Å². The number of aromatic nitrogens is 2. The topological polar surface area (TPSA) is 47.0 Å². The van der Waals surface area contributed by atoms with Gasteiger partial charge in [0, 0.05) is 7.05 Å². The molecule has 0 radical (unpaired) electrons. The summed E-state index contributed by atoms with van der Waals surface area (Å²) < 4.78 is 5.72. The molecule has 1 N–H and O–H groups in total. The Morgan fingerprint density at radius 2 is 1.95 bits per heavy atom. The maximum atomic E-state index is 5.72. The van der Waals surface area contributed by atoms with Gasteiger partial charge in [0.1, 0.15) is 23.0 Å². The summed E-state index contributed by atoms with van der Waals surface area (Å²) in [5.41, 5.74) is 1.21. The van der Waals surface area contributed by atoms with Gasteiger partial charge in [0.2, 0.25) is 0 Å². The zero-order valence-electron chi connectivity index (χ0n) is 11.4. The fourth-order valence-electron chi connectivity index (χ4n) is 1.94. The molecule has 5 heteroatoms. The highest BCUT2D eigenvalue weighted by molar-refractivity contribution is 7.16. The Morgan fingerprint density at radius 1 is 1.15 bits per heavy atom. The van der Waals surface area contributed by atoms with Crippen LogP contribution >= 0.6 is 11.3 Å². The van der Waals surface area contributed by atoms with Gasteiger partial charge in [0.25, 0.3) is 0 Å². The average Bonchev–Trinajstić information content (AvgIpc) is 2.94. The van der Waals surface area contributed by atoms with Crippen LogP contribution in [0, 0.1) is 6.92 Å². The minimum absolute atomic E-state index is 0.367. The predicted octanol–water partition coefficient (Wildman–Crippen LogP) is 3.62. The van der Waals surface area contributed by atoms with Gasteiger partial charge in [0.05, 0.1) is 5.39 Å². The molecule has 0 saturated carbocycles. The molecule has 0 amide bonds. The first-order valence-electron chi connectivity index (χ1n) is 6.37. The Hall–Kier alpha value is -2.14. The number of nitrogens with zero attached hydrogens (tertiary/aromatic N) is 2. The van der Waals surface area contributed by atoms with Crippen LogP contribution in [0.5, 0.6) is 5.75 Å². The molecule has 20 heavy (non-hydrogen) atoms. The zero-order chi connectivity index (χ0) is 13.9. The summed E-state index contributed by atoms with van der Waals surface area (Å²) >= 11 is 1.61. The average molecular weight is 285 g/mol. The first-order valence-corrected chi connectivity index (χ1v) is 7.25. The maximum absolute atomic E-state index is 5.72. The lowest BCUT2D eigenvalue weighted by molar-refractivity contribution is 0.296. The van der Waals surface area contributed by atoms with Crippen molar-refractivity contribution in [2.45, 2.75) is 13.5 Å². The van der Waals surface area contributed by atoms with Gasteiger partial charge in [-0.2, -0.15) is 0 Å². The quantitative estimate of drug-likeness (QED) is 0.795. The Bertz CT molecular complexity index is 722. The molecule has 0 atom stereocenters. The second-order valence-electron chi connectivity index (χ2n) is 4.48. The number of ether oxygens (including phenoxy) is 1. The number of rotatable bonds is 4. The van der Waals surface area contributed by atoms with Crippen LogP contribution in [-0.4, -0.2) is 17.0 Å². The summed E-state index contributed by atoms with van der Waals surface area (Å²) in [7, 11) is 1.87. The van der Waals surface area contributed by atoms with Crippen molar-refractivity contribution in [2.24, 2.45) is 0 Å². The van der Waals surface area contributed by atoms with Gasteiger partial charge in [-0.3, -0.25) is 0 Å². The number of fused-ring (bicyclic) bond motifs is 1. The number of aryl methyl sites for hydroxylation is 1. The third kappa shape index (κ3) is 2.58. The molecule has 0 saturated heterocycles. The highest BCUT2D eigenvalue weighted by Gasteiger charge is 2.08. The molecule has 2 aromatic heterocycles. The van der Waals surface area contributed by atoms with Crippen molar-refractivity contribution < 1.29 is 4.74 Å². The second kappa shape index (κ2) is 5.46. The number of nitrogens with one attached hydrogen (secondary N) is 1. The van der Waals surface area contributed by atoms with Crippen molar-refractivity contribution in [2.75, 3.05) is 12.4 Å². The Kier molecular flexibility index (Phi) is 3.52. The number of hydrogen-bond donors (Lipinski definition) is 1. The molecule has 0 bridgehead atoms. The molecular weight excluding hydrogens is 270 g/mol. The zero-order valence-corrected chi connectivity index (χ0v) is 12.2. The maximum Gasteiger partial charge on any atom is 0.169 e. The monoisotopic (exact) mass is 285 g/mol. The lowest BCUT2D eigenvalue weighted by atomic mass is 10.2. The second-order valence-corrected chi connectivity index (χ2v) is 5.37. The normalized spacial score (nSPS) is 10.7. The SMILES string of the molecule is CNc1nc(COc2ccc(C)cc2)nc2sccc12. The van der Waals surface area contributed by atoms with E-state index in [0.29, 0.717) is 12.4 Å². The van der Waals surface area contributed by atoms with Crippen LogP contribution in [0.15, 0.2) is 35.7 Å². The van der Waals surface area contributed by atoms with Gasteiger partial charge in [0.15, 0.2) is 5.82 Å². The van der Waals surface area contributed by atoms with Crippen LogP contribution < -0.4 is 10.1 Å². The van der Waals surface area contributed by atoms with Crippen molar-refractivity contribution in [3.8, 4) is 5.75 Å². The summed E-state index contributed by atoms with van der Waals surface area (Å²) in [5.74, 6) is 2.36. The third-order valence-electron chi connectivity index (χ3n) is 3.00. The van der Waals surface area contributed by atoms with Crippen molar-refractivity contribution in [3.05, 3.63) is 47.1 Å². The smallest absolute Gasteiger partial charge is 0.169 e. The van der Waals surface area contributed by atoms with Crippen LogP contribution in [-0.2, 0) is 6.61 Å². The van der Waals surface area contributed by atoms with E-state index in [2.05, 4.69) is 22.2 Å². The van der Waals surface area contributed by atoms with Crippen molar-refractivity contribution >= 4 is 27.4 Å². The van der Waals surface area contributed by atoms with Gasteiger partial charge in [-0.1, -0.05) is 17.7 Å². The summed E-state index contributed by atoms with van der Waals surface area (Å²) in [5, 5.41) is 6.17. The predicted molar refractivity (Wildman–Crippen MR) is 82.5 cm³/mol. The summed E-state index contributed by atoms with van der Waals surface area (Å²) in [6.07, 6.45) is 0. The molecule has 3 aromatic rings. The van der Waals surface area contributed by atoms with Gasteiger partial charge < -0.3 is 10.1 Å². The molecule has 0 aliphatic carbocycles. The Labute approximate surface area is 121 Å². The molecule has 0 aliphatic heterocycles. The van der Waals surface area contributed by atoms with Gasteiger partial charge in [-0.15, -0.1) is 11.3 Å². The van der Waals surface area contributed by atoms with Crippen LogP contribution in [0.25, 0.3) is 10.2 Å². The van der Waals surface area contributed by atoms with Crippen molar-refractivity contribution in [1.29, 1.82) is 0 Å². The van der Waals surface area contributed by atoms with Gasteiger partial charge in [-0.25, -0.2) is 9.97 Å². The molecule has 0 aliphatic rings. The molecule has 4 nitrogen and oxygen atoms in total. The van der Waals surface area contributed by atoms with E-state index in [-0.39, 0.29) is 0 Å². The number of anilines is 1. The van der Waals surface area contributed by atoms with Crippen LogP contribution in [0.1, 0.15) is 11.4 Å². The first-order chi connectivity index (χ1) is 9.76. The van der Waals surface area contributed by atoms with E-state index in [4.69, 9.17) is 4.74 Å². The minimum Gasteiger partial charge on any atom is -0.486 e. The van der Waals surface area contributed by atoms with E-state index in [1.807, 2.05) is 42.8 Å². The molecule has 0 unspecified atom stereocenters. The number of hydrogen-bond acceptors (Lipinski definition) is 5. The molecule has 1 aromatic carbocycles. The van der Waals surface area contributed by atoms with Gasteiger partial charge >= 0.3 is 0 Å². The summed E-state index contributed by atoms with van der Waals surface area (Å²) in [6, 6.07) is 9.99. The summed E-state index contributed by atoms with van der Waals surface area (Å²) in [4.78, 5) is 9.98. The van der Waals surface area contributed by atoms with E-state index < -0.39 is 0 Å². The van der Waals surface area contributed by atoms with E-state index in [1.165, 1.54) is 5.56 Å². The third-order valence-corrected chi connectivity index (χ3v) is 3.80. The minimum atomic E-state index is 0.367. The molecule has 0 fully saturated rings. The Morgan fingerprint density at radius 3 is 2.70 bits per heavy atom. The number of thiophene rings is 1. The lowest BCUT2D eigenvalue weighted by Gasteiger charge is -2.07. The first kappa shape index (κ1) is 12.9. The highest BCUT2D eigenvalue weighted by atomic mass is 32.1. The van der Waals surface area contributed by atoms with E-state index in [0.717, 1.165) is 21.8 Å². The lowest BCUT2D eigenvalue weighted by Crippen LogP contribution is -2.04. The fraction of sp³-hybridized carbons (Fsp3) is 0.200. The molecule has 0 spiro atoms. The van der Waals surface area contributed by atoms with Crippen molar-refractivity contribution in [1.82, 2.24) is 9.97 Å². The van der Waals surface area contributed by atoms with E-state index >= 15 is 0 Å². The molecule has 3 rings (SSSR count). The standard InChI is InChI=1S/C15H15N3OS/c1-10-3-5-11(6-4-10)19-9-13-17-14(16-2)12-7-8-20-15(12)18-13/h3-8H,9H2,1-2H3,(H,16,17,18). The Balaban J connectivity index is 1.81. The van der Waals surface area contributed by atoms with E-state index in [9.17, 15) is 0 Å². The van der Waals surface area contributed by atoms with Crippen LogP contribution in [0.2, 0.25) is 0 Å². The number of benzene rings is 1. The highest BCUT2D eigenvalue weighted by Crippen LogP contribution is 2.25. The molecule has 102 valence electrons. The van der Waals surface area contributed by atoms with Gasteiger partial charge in [-0.05, 0) is 30.5 Å². The summed E-state index contributed by atoms with van der Waals surface area (Å²) in [6.45, 7) is 2.42. The van der Waals surface area contributed by atoms with E-state index in [1.54, 1.807) is 11.3 Å². The largest absolute Gasteiger partial charge is 0.486 e. The van der Waals surface area contributed by atoms with Crippen LogP contribution in [0.3, 0.4) is 0 Å². The molecular formula is C15H15N3OS.